The topological polar surface area (TPSA) is 112 Å². The molecule has 9 heteroatoms. The second-order valence-electron chi connectivity index (χ2n) is 11.3. The van der Waals surface area contributed by atoms with E-state index in [1.54, 1.807) is 35.1 Å². The molecule has 0 bridgehead atoms. The lowest BCUT2D eigenvalue weighted by atomic mass is 9.92. The highest BCUT2D eigenvalue weighted by Crippen LogP contribution is 2.28. The largest absolute Gasteiger partial charge is 0.376 e. The fraction of sp³-hybridized carbons (Fsp3) is 0.243. The Hall–Kier alpha value is -5.62. The Labute approximate surface area is 269 Å². The van der Waals surface area contributed by atoms with E-state index in [0.717, 1.165) is 28.6 Å². The molecule has 9 nitrogen and oxygen atoms in total. The fourth-order valence-electron chi connectivity index (χ4n) is 5.51. The first-order valence-electron chi connectivity index (χ1n) is 15.1. The van der Waals surface area contributed by atoms with Gasteiger partial charge >= 0.3 is 0 Å². The average molecular weight is 617 g/mol. The Morgan fingerprint density at radius 2 is 1.78 bits per heavy atom. The molecule has 2 heterocycles. The number of aromatic nitrogens is 3. The number of terminal acetylenes is 1. The molecule has 2 aromatic heterocycles. The van der Waals surface area contributed by atoms with Gasteiger partial charge in [-0.1, -0.05) is 43.3 Å². The second-order valence-corrected chi connectivity index (χ2v) is 11.3. The summed E-state index contributed by atoms with van der Waals surface area (Å²) in [6, 6.07) is 23.3. The number of anilines is 2. The maximum absolute atomic E-state index is 13.2. The summed E-state index contributed by atoms with van der Waals surface area (Å²) in [6.07, 6.45) is 12.5. The summed E-state index contributed by atoms with van der Waals surface area (Å²) in [5.41, 5.74) is 6.41. The lowest BCUT2D eigenvalue weighted by molar-refractivity contribution is -0.128. The summed E-state index contributed by atoms with van der Waals surface area (Å²) < 4.78 is 1.79. The van der Waals surface area contributed by atoms with Crippen LogP contribution in [0.25, 0.3) is 22.0 Å². The van der Waals surface area contributed by atoms with Crippen LogP contribution in [-0.2, 0) is 23.2 Å². The van der Waals surface area contributed by atoms with Crippen LogP contribution < -0.4 is 16.2 Å². The van der Waals surface area contributed by atoms with E-state index >= 15 is 0 Å². The number of carbonyl (C=O) groups is 2. The van der Waals surface area contributed by atoms with E-state index in [2.05, 4.69) is 59.5 Å². The highest BCUT2D eigenvalue weighted by molar-refractivity contribution is 5.91. The number of amides is 2. The zero-order valence-corrected chi connectivity index (χ0v) is 26.7. The number of pyridine rings is 1. The molecule has 3 aromatic carbocycles. The maximum Gasteiger partial charge on any atom is 0.255 e. The summed E-state index contributed by atoms with van der Waals surface area (Å²) in [5.74, 6) is 0.100. The van der Waals surface area contributed by atoms with Crippen LogP contribution in [0.4, 0.5) is 11.4 Å². The number of H-pyrrole nitrogens is 1. The molecular formula is C37H40N6O3. The zero-order chi connectivity index (χ0) is 33.2. The molecule has 0 aliphatic heterocycles. The van der Waals surface area contributed by atoms with Gasteiger partial charge in [0.2, 0.25) is 11.8 Å². The molecule has 236 valence electrons. The highest BCUT2D eigenvalue weighted by atomic mass is 16.2. The number of nitrogens with zero attached hydrogens (tertiary/aromatic N) is 3. The van der Waals surface area contributed by atoms with Gasteiger partial charge in [-0.2, -0.15) is 5.10 Å². The van der Waals surface area contributed by atoms with E-state index in [1.165, 1.54) is 11.1 Å². The quantitative estimate of drug-likeness (QED) is 0.156. The molecule has 0 aliphatic carbocycles. The summed E-state index contributed by atoms with van der Waals surface area (Å²) in [5, 5.41) is 11.9. The molecule has 0 radical (unpaired) electrons. The van der Waals surface area contributed by atoms with Crippen LogP contribution in [-0.4, -0.2) is 45.1 Å². The van der Waals surface area contributed by atoms with Crippen molar-refractivity contribution >= 4 is 34.0 Å². The molecule has 5 rings (SSSR count). The SMILES string of the molecule is C#C.Cc1ccccc1[C@@H](C)CCC(=O)Nc1ccc(-c2ccnn2C)c(CN(C)C(=O)CNc2ccc3cc[nH]c(=O)c3c2)c1. The van der Waals surface area contributed by atoms with Crippen molar-refractivity contribution < 1.29 is 9.59 Å². The number of aryl methyl sites for hydroxylation is 2. The smallest absolute Gasteiger partial charge is 0.255 e. The number of likely N-dealkylation sites (N-methyl/N-ethyl adjacent to an activating group) is 1. The number of fused-ring (bicyclic) bond motifs is 1. The molecule has 3 N–H and O–H groups in total. The van der Waals surface area contributed by atoms with Crippen LogP contribution in [0.2, 0.25) is 0 Å². The van der Waals surface area contributed by atoms with Crippen molar-refractivity contribution in [2.24, 2.45) is 7.05 Å². The Kier molecular flexibility index (Phi) is 11.1. The lowest BCUT2D eigenvalue weighted by Crippen LogP contribution is -2.32. The van der Waals surface area contributed by atoms with Gasteiger partial charge in [-0.25, -0.2) is 0 Å². The first-order chi connectivity index (χ1) is 22.2. The van der Waals surface area contributed by atoms with E-state index in [0.29, 0.717) is 29.7 Å². The number of hydrogen-bond acceptors (Lipinski definition) is 5. The van der Waals surface area contributed by atoms with E-state index in [9.17, 15) is 14.4 Å². The molecule has 0 unspecified atom stereocenters. The monoisotopic (exact) mass is 616 g/mol. The van der Waals surface area contributed by atoms with Crippen molar-refractivity contribution in [2.45, 2.75) is 39.2 Å². The van der Waals surface area contributed by atoms with Crippen LogP contribution >= 0.6 is 0 Å². The van der Waals surface area contributed by atoms with Crippen molar-refractivity contribution in [3.05, 3.63) is 112 Å². The first kappa shape index (κ1) is 33.3. The van der Waals surface area contributed by atoms with Gasteiger partial charge in [0.05, 0.1) is 12.2 Å². The average Bonchev–Trinajstić information content (AvgIpc) is 3.49. The summed E-state index contributed by atoms with van der Waals surface area (Å²) in [6.45, 7) is 4.63. The molecule has 2 amide bonds. The predicted octanol–water partition coefficient (Wildman–Crippen LogP) is 6.08. The highest BCUT2D eigenvalue weighted by Gasteiger charge is 2.17. The lowest BCUT2D eigenvalue weighted by Gasteiger charge is -2.21. The number of carbonyl (C=O) groups excluding carboxylic acids is 2. The Morgan fingerprint density at radius 3 is 2.52 bits per heavy atom. The summed E-state index contributed by atoms with van der Waals surface area (Å²) in [4.78, 5) is 42.6. The Bertz CT molecular complexity index is 1900. The van der Waals surface area contributed by atoms with Gasteiger partial charge < -0.3 is 20.5 Å². The van der Waals surface area contributed by atoms with Crippen LogP contribution in [0, 0.1) is 19.8 Å². The Morgan fingerprint density at radius 1 is 1.02 bits per heavy atom. The molecule has 0 saturated heterocycles. The number of aromatic amines is 1. The molecule has 0 saturated carbocycles. The van der Waals surface area contributed by atoms with Gasteiger partial charge in [0.1, 0.15) is 0 Å². The second kappa shape index (κ2) is 15.4. The number of rotatable bonds is 11. The molecule has 5 aromatic rings. The van der Waals surface area contributed by atoms with Gasteiger partial charge in [-0.3, -0.25) is 19.1 Å². The van der Waals surface area contributed by atoms with Crippen LogP contribution in [0.5, 0.6) is 0 Å². The molecule has 0 spiro atoms. The van der Waals surface area contributed by atoms with Crippen molar-refractivity contribution in [1.29, 1.82) is 0 Å². The van der Waals surface area contributed by atoms with Gasteiger partial charge in [-0.05, 0) is 77.7 Å². The molecule has 1 atom stereocenters. The minimum absolute atomic E-state index is 0.0486. The van der Waals surface area contributed by atoms with Gasteiger partial charge in [-0.15, -0.1) is 12.8 Å². The summed E-state index contributed by atoms with van der Waals surface area (Å²) >= 11 is 0. The van der Waals surface area contributed by atoms with Gasteiger partial charge in [0, 0.05) is 61.8 Å². The third-order valence-corrected chi connectivity index (χ3v) is 8.06. The number of nitrogens with one attached hydrogen (secondary N) is 3. The minimum atomic E-state index is -0.176. The van der Waals surface area contributed by atoms with Crippen molar-refractivity contribution in [2.75, 3.05) is 24.2 Å². The standard InChI is InChI=1S/C35H38N6O3.C2H2/c1-23-7-5-6-8-29(23)24(2)9-14-33(42)39-28-12-13-30(32-16-18-38-41(32)4)26(19-28)22-40(3)34(43)21-37-27-11-10-25-15-17-36-35(44)31(25)20-27;1-2/h5-8,10-13,15-20,24,37H,9,14,21-22H2,1-4H3,(H,36,44)(H,39,42);1-2H/t24-;/m0./s1. The molecule has 46 heavy (non-hydrogen) atoms. The van der Waals surface area contributed by atoms with Crippen LogP contribution in [0.3, 0.4) is 0 Å². The zero-order valence-electron chi connectivity index (χ0n) is 26.7. The van der Waals surface area contributed by atoms with Crippen LogP contribution in [0.1, 0.15) is 42.4 Å². The first-order valence-corrected chi connectivity index (χ1v) is 15.1. The van der Waals surface area contributed by atoms with Gasteiger partial charge in [0.25, 0.3) is 5.56 Å². The van der Waals surface area contributed by atoms with Crippen molar-refractivity contribution in [3.63, 3.8) is 0 Å². The van der Waals surface area contributed by atoms with E-state index in [-0.39, 0.29) is 29.8 Å². The van der Waals surface area contributed by atoms with E-state index in [4.69, 9.17) is 0 Å². The van der Waals surface area contributed by atoms with Crippen LogP contribution in [0.15, 0.2) is 90.0 Å². The third-order valence-electron chi connectivity index (χ3n) is 8.06. The van der Waals surface area contributed by atoms with E-state index < -0.39 is 0 Å². The fourth-order valence-corrected chi connectivity index (χ4v) is 5.51. The van der Waals surface area contributed by atoms with Gasteiger partial charge in [0.15, 0.2) is 0 Å². The third kappa shape index (κ3) is 8.10. The van der Waals surface area contributed by atoms with E-state index in [1.807, 2.05) is 61.6 Å². The van der Waals surface area contributed by atoms with Crippen molar-refractivity contribution in [3.8, 4) is 24.1 Å². The number of benzene rings is 3. The molecular weight excluding hydrogens is 576 g/mol. The maximum atomic E-state index is 13.2. The number of hydrogen-bond donors (Lipinski definition) is 3. The molecule has 0 aliphatic rings. The predicted molar refractivity (Wildman–Crippen MR) is 186 cm³/mol. The molecule has 0 fully saturated rings. The normalized spacial score (nSPS) is 11.3. The summed E-state index contributed by atoms with van der Waals surface area (Å²) in [7, 11) is 3.62. The Balaban J connectivity index is 0.00000235. The minimum Gasteiger partial charge on any atom is -0.376 e. The van der Waals surface area contributed by atoms with Crippen molar-refractivity contribution in [1.82, 2.24) is 19.7 Å².